The van der Waals surface area contributed by atoms with E-state index in [1.165, 1.54) is 19.3 Å². The molecular weight excluding hydrogens is 477 g/mol. The number of hydrogen-bond acceptors (Lipinski definition) is 3. The number of halogens is 1. The number of amides is 1. The number of likely N-dealkylation sites (tertiary alicyclic amines) is 1. The van der Waals surface area contributed by atoms with Crippen LogP contribution in [0, 0.1) is 17.2 Å². The molecule has 6 nitrogen and oxygen atoms in total. The van der Waals surface area contributed by atoms with E-state index in [9.17, 15) is 4.79 Å². The third-order valence-corrected chi connectivity index (χ3v) is 5.64. The van der Waals surface area contributed by atoms with Gasteiger partial charge < -0.3 is 15.5 Å². The Hall–Kier alpha value is -1.82. The van der Waals surface area contributed by atoms with E-state index in [-0.39, 0.29) is 35.9 Å². The fourth-order valence-corrected chi connectivity index (χ4v) is 4.05. The molecule has 1 unspecified atom stereocenters. The van der Waals surface area contributed by atoms with E-state index in [0.29, 0.717) is 18.0 Å². The molecule has 2 aliphatic rings. The van der Waals surface area contributed by atoms with Crippen molar-refractivity contribution in [2.75, 3.05) is 19.6 Å². The smallest absolute Gasteiger partial charge is 0.225 e. The number of nitrogens with zero attached hydrogens (tertiary/aromatic N) is 3. The minimum Gasteiger partial charge on any atom is -0.357 e. The summed E-state index contributed by atoms with van der Waals surface area (Å²) in [5, 5.41) is 15.7. The Labute approximate surface area is 191 Å². The fraction of sp³-hybridized carbons (Fsp3) is 0.591. The third kappa shape index (κ3) is 6.88. The molecule has 1 saturated carbocycles. The minimum atomic E-state index is 0. The van der Waals surface area contributed by atoms with Crippen molar-refractivity contribution in [3.8, 4) is 6.07 Å². The summed E-state index contributed by atoms with van der Waals surface area (Å²) >= 11 is 0. The van der Waals surface area contributed by atoms with Crippen molar-refractivity contribution < 1.29 is 4.79 Å². The zero-order chi connectivity index (χ0) is 19.8. The van der Waals surface area contributed by atoms with Crippen molar-refractivity contribution in [3.63, 3.8) is 0 Å². The van der Waals surface area contributed by atoms with Gasteiger partial charge in [-0.25, -0.2) is 4.99 Å². The number of aliphatic imine (C=N–C) groups is 1. The van der Waals surface area contributed by atoms with Gasteiger partial charge in [-0.15, -0.1) is 24.0 Å². The van der Waals surface area contributed by atoms with Crippen LogP contribution >= 0.6 is 24.0 Å². The lowest BCUT2D eigenvalue weighted by Gasteiger charge is -2.26. The Morgan fingerprint density at radius 1 is 1.21 bits per heavy atom. The molecule has 29 heavy (non-hydrogen) atoms. The van der Waals surface area contributed by atoms with Crippen molar-refractivity contribution >= 4 is 35.8 Å². The summed E-state index contributed by atoms with van der Waals surface area (Å²) in [5.74, 6) is 1.37. The summed E-state index contributed by atoms with van der Waals surface area (Å²) in [6, 6.07) is 9.88. The number of carbonyl (C=O) groups excluding carboxylic acids is 1. The number of nitriles is 1. The van der Waals surface area contributed by atoms with Crippen LogP contribution in [0.1, 0.15) is 56.6 Å². The number of nitrogens with one attached hydrogen (secondary N) is 2. The van der Waals surface area contributed by atoms with Gasteiger partial charge in [-0.2, -0.15) is 5.26 Å². The van der Waals surface area contributed by atoms with Gasteiger partial charge in [0, 0.05) is 31.6 Å². The maximum Gasteiger partial charge on any atom is 0.225 e. The highest BCUT2D eigenvalue weighted by atomic mass is 127. The molecule has 1 atom stereocenters. The topological polar surface area (TPSA) is 80.5 Å². The van der Waals surface area contributed by atoms with Gasteiger partial charge in [0.05, 0.1) is 18.2 Å². The first-order chi connectivity index (χ1) is 13.7. The summed E-state index contributed by atoms with van der Waals surface area (Å²) in [6.45, 7) is 4.99. The number of benzene rings is 1. The average molecular weight is 509 g/mol. The zero-order valence-electron chi connectivity index (χ0n) is 17.2. The van der Waals surface area contributed by atoms with Crippen molar-refractivity contribution in [1.82, 2.24) is 15.5 Å². The van der Waals surface area contributed by atoms with Crippen LogP contribution in [0.5, 0.6) is 0 Å². The first-order valence-electron chi connectivity index (χ1n) is 10.5. The predicted octanol–water partition coefficient (Wildman–Crippen LogP) is 3.41. The van der Waals surface area contributed by atoms with Gasteiger partial charge in [0.2, 0.25) is 5.91 Å². The van der Waals surface area contributed by atoms with Crippen molar-refractivity contribution in [2.45, 2.75) is 58.0 Å². The van der Waals surface area contributed by atoms with Crippen molar-refractivity contribution in [2.24, 2.45) is 10.9 Å². The fourth-order valence-electron chi connectivity index (χ4n) is 4.05. The van der Waals surface area contributed by atoms with Gasteiger partial charge in [-0.05, 0) is 43.9 Å². The monoisotopic (exact) mass is 509 g/mol. The zero-order valence-corrected chi connectivity index (χ0v) is 19.5. The lowest BCUT2D eigenvalue weighted by atomic mass is 9.88. The summed E-state index contributed by atoms with van der Waals surface area (Å²) in [5.41, 5.74) is 1.73. The molecule has 1 saturated heterocycles. The van der Waals surface area contributed by atoms with E-state index < -0.39 is 0 Å². The molecule has 0 radical (unpaired) electrons. The van der Waals surface area contributed by atoms with Crippen LogP contribution in [0.15, 0.2) is 29.3 Å². The van der Waals surface area contributed by atoms with Crippen LogP contribution in [0.2, 0.25) is 0 Å². The highest BCUT2D eigenvalue weighted by molar-refractivity contribution is 14.0. The van der Waals surface area contributed by atoms with Gasteiger partial charge in [0.1, 0.15) is 0 Å². The van der Waals surface area contributed by atoms with E-state index in [4.69, 9.17) is 5.26 Å². The molecule has 0 aromatic heterocycles. The molecule has 1 aromatic carbocycles. The Morgan fingerprint density at radius 2 is 1.93 bits per heavy atom. The van der Waals surface area contributed by atoms with E-state index in [1.807, 2.05) is 36.1 Å². The molecule has 0 spiro atoms. The van der Waals surface area contributed by atoms with Gasteiger partial charge in [0.25, 0.3) is 0 Å². The maximum absolute atomic E-state index is 12.7. The van der Waals surface area contributed by atoms with Gasteiger partial charge in [-0.1, -0.05) is 31.4 Å². The van der Waals surface area contributed by atoms with Crippen LogP contribution in [0.25, 0.3) is 0 Å². The summed E-state index contributed by atoms with van der Waals surface area (Å²) in [7, 11) is 0. The highest BCUT2D eigenvalue weighted by Gasteiger charge is 2.31. The molecule has 3 rings (SSSR count). The molecule has 7 heteroatoms. The van der Waals surface area contributed by atoms with Crippen LogP contribution in [-0.2, 0) is 11.3 Å². The van der Waals surface area contributed by atoms with E-state index in [0.717, 1.165) is 50.4 Å². The quantitative estimate of drug-likeness (QED) is 0.362. The lowest BCUT2D eigenvalue weighted by molar-refractivity contribution is -0.135. The molecule has 0 bridgehead atoms. The molecule has 2 N–H and O–H groups in total. The molecular formula is C22H32IN5O. The van der Waals surface area contributed by atoms with Gasteiger partial charge in [-0.3, -0.25) is 4.79 Å². The lowest BCUT2D eigenvalue weighted by Crippen LogP contribution is -2.45. The highest BCUT2D eigenvalue weighted by Crippen LogP contribution is 2.26. The van der Waals surface area contributed by atoms with Crippen LogP contribution in [-0.4, -0.2) is 42.4 Å². The van der Waals surface area contributed by atoms with Crippen molar-refractivity contribution in [1.29, 1.82) is 5.26 Å². The second kappa shape index (κ2) is 12.0. The second-order valence-corrected chi connectivity index (χ2v) is 7.75. The second-order valence-electron chi connectivity index (χ2n) is 7.75. The number of carbonyl (C=O) groups is 1. The SMILES string of the molecule is CCNC(=NCc1ccc(C#N)cc1)NC1CCN(C(=O)C2CCCCC2)C1.I. The first kappa shape index (κ1) is 23.5. The number of rotatable bonds is 5. The van der Waals surface area contributed by atoms with Crippen LogP contribution in [0.3, 0.4) is 0 Å². The van der Waals surface area contributed by atoms with Gasteiger partial charge >= 0.3 is 0 Å². The predicted molar refractivity (Wildman–Crippen MR) is 126 cm³/mol. The summed E-state index contributed by atoms with van der Waals surface area (Å²) < 4.78 is 0. The molecule has 1 amide bonds. The third-order valence-electron chi connectivity index (χ3n) is 5.64. The number of guanidine groups is 1. The molecule has 158 valence electrons. The Kier molecular flexibility index (Phi) is 9.71. The first-order valence-corrected chi connectivity index (χ1v) is 10.5. The minimum absolute atomic E-state index is 0. The Morgan fingerprint density at radius 3 is 2.59 bits per heavy atom. The van der Waals surface area contributed by atoms with E-state index >= 15 is 0 Å². The molecule has 2 fully saturated rings. The number of hydrogen-bond donors (Lipinski definition) is 2. The van der Waals surface area contributed by atoms with E-state index in [2.05, 4.69) is 21.7 Å². The summed E-state index contributed by atoms with van der Waals surface area (Å²) in [6.07, 6.45) is 6.73. The average Bonchev–Trinajstić information content (AvgIpc) is 3.21. The standard InChI is InChI=1S/C22H31N5O.HI/c1-2-24-22(25-15-18-10-8-17(14-23)9-11-18)26-20-12-13-27(16-20)21(28)19-6-4-3-5-7-19;/h8-11,19-20H,2-7,12-13,15-16H2,1H3,(H2,24,25,26);1H. The normalized spacial score (nSPS) is 19.9. The molecule has 1 aromatic rings. The van der Waals surface area contributed by atoms with E-state index in [1.54, 1.807) is 0 Å². The van der Waals surface area contributed by atoms with Crippen LogP contribution in [0.4, 0.5) is 0 Å². The Balaban J connectivity index is 0.00000300. The maximum atomic E-state index is 12.7. The van der Waals surface area contributed by atoms with Crippen LogP contribution < -0.4 is 10.6 Å². The molecule has 1 aliphatic carbocycles. The molecule has 1 heterocycles. The summed E-state index contributed by atoms with van der Waals surface area (Å²) in [4.78, 5) is 19.5. The molecule has 1 aliphatic heterocycles. The van der Waals surface area contributed by atoms with Crippen molar-refractivity contribution in [3.05, 3.63) is 35.4 Å². The van der Waals surface area contributed by atoms with Gasteiger partial charge in [0.15, 0.2) is 5.96 Å². The Bertz CT molecular complexity index is 722. The largest absolute Gasteiger partial charge is 0.357 e.